The fraction of sp³-hybridized carbons (Fsp3) is 0.346. The summed E-state index contributed by atoms with van der Waals surface area (Å²) in [4.78, 5) is 37.7. The van der Waals surface area contributed by atoms with Gasteiger partial charge >= 0.3 is 0 Å². The average molecular weight is 521 g/mol. The minimum absolute atomic E-state index is 0.187. The maximum Gasteiger partial charge on any atom is 0.251 e. The first-order valence-corrected chi connectivity index (χ1v) is 13.2. The van der Waals surface area contributed by atoms with E-state index in [2.05, 4.69) is 46.4 Å². The number of pyridine rings is 1. The first-order chi connectivity index (χ1) is 17.8. The Balaban J connectivity index is 1.71. The number of carbonyl (C=O) groups is 2. The predicted molar refractivity (Wildman–Crippen MR) is 147 cm³/mol. The summed E-state index contributed by atoms with van der Waals surface area (Å²) >= 11 is 1.60. The number of nitrogens with two attached hydrogens (primary N) is 1. The van der Waals surface area contributed by atoms with Gasteiger partial charge in [-0.3, -0.25) is 14.5 Å². The molecule has 194 valence electrons. The van der Waals surface area contributed by atoms with Crippen LogP contribution in [0.25, 0.3) is 27.5 Å². The molecule has 0 radical (unpaired) electrons. The monoisotopic (exact) mass is 520 g/mol. The van der Waals surface area contributed by atoms with Crippen LogP contribution < -0.4 is 16.4 Å². The van der Waals surface area contributed by atoms with Crippen LogP contribution in [0.3, 0.4) is 0 Å². The van der Waals surface area contributed by atoms with Gasteiger partial charge < -0.3 is 16.4 Å². The number of carbonyl (C=O) groups excluding carboxylic acids is 2. The molecule has 4 heterocycles. The van der Waals surface area contributed by atoms with Gasteiger partial charge in [-0.1, -0.05) is 19.9 Å². The number of nitrogens with one attached hydrogen (secondary N) is 2. The molecule has 0 aromatic carbocycles. The van der Waals surface area contributed by atoms with Crippen LogP contribution in [0.4, 0.5) is 5.82 Å². The molecule has 10 nitrogen and oxygen atoms in total. The minimum atomic E-state index is -0.672. The van der Waals surface area contributed by atoms with E-state index in [1.54, 1.807) is 41.1 Å². The second-order valence-corrected chi connectivity index (χ2v) is 9.74. The molecular formula is C26H32N8O2S. The van der Waals surface area contributed by atoms with E-state index in [0.29, 0.717) is 34.8 Å². The van der Waals surface area contributed by atoms with Gasteiger partial charge in [-0.05, 0) is 56.6 Å². The van der Waals surface area contributed by atoms with Crippen LogP contribution in [-0.2, 0) is 4.79 Å². The Bertz CT molecular complexity index is 1380. The molecule has 0 aliphatic heterocycles. The molecule has 0 fully saturated rings. The van der Waals surface area contributed by atoms with Crippen molar-refractivity contribution >= 4 is 34.6 Å². The number of fused-ring (bicyclic) bond motifs is 1. The Morgan fingerprint density at radius 3 is 2.59 bits per heavy atom. The van der Waals surface area contributed by atoms with Crippen molar-refractivity contribution in [1.29, 1.82) is 0 Å². The van der Waals surface area contributed by atoms with E-state index in [-0.39, 0.29) is 11.9 Å². The molecule has 0 spiro atoms. The zero-order chi connectivity index (χ0) is 26.5. The topological polar surface area (TPSA) is 131 Å². The van der Waals surface area contributed by atoms with Crippen molar-refractivity contribution in [2.24, 2.45) is 5.73 Å². The van der Waals surface area contributed by atoms with Gasteiger partial charge in [-0.2, -0.15) is 5.10 Å². The molecule has 2 atom stereocenters. The predicted octanol–water partition coefficient (Wildman–Crippen LogP) is 3.27. The number of aromatic nitrogens is 4. The summed E-state index contributed by atoms with van der Waals surface area (Å²) in [5.74, 6) is -0.398. The van der Waals surface area contributed by atoms with Crippen LogP contribution in [0.5, 0.6) is 0 Å². The van der Waals surface area contributed by atoms with Gasteiger partial charge in [-0.25, -0.2) is 14.5 Å². The van der Waals surface area contributed by atoms with Gasteiger partial charge in [-0.15, -0.1) is 11.3 Å². The molecule has 0 bridgehead atoms. The fourth-order valence-corrected chi connectivity index (χ4v) is 4.79. The summed E-state index contributed by atoms with van der Waals surface area (Å²) < 4.78 is 1.67. The molecule has 37 heavy (non-hydrogen) atoms. The summed E-state index contributed by atoms with van der Waals surface area (Å²) in [6.45, 7) is 10.2. The van der Waals surface area contributed by atoms with E-state index in [9.17, 15) is 9.59 Å². The fourth-order valence-electron chi connectivity index (χ4n) is 4.10. The Kier molecular flexibility index (Phi) is 8.14. The summed E-state index contributed by atoms with van der Waals surface area (Å²) in [5, 5.41) is 12.5. The molecule has 4 aromatic rings. The van der Waals surface area contributed by atoms with Gasteiger partial charge in [0.05, 0.1) is 28.0 Å². The van der Waals surface area contributed by atoms with E-state index in [4.69, 9.17) is 10.7 Å². The lowest BCUT2D eigenvalue weighted by molar-refractivity contribution is -0.118. The van der Waals surface area contributed by atoms with Crippen LogP contribution in [0.1, 0.15) is 38.1 Å². The first-order valence-electron chi connectivity index (χ1n) is 12.3. The zero-order valence-corrected chi connectivity index (χ0v) is 22.2. The molecule has 4 rings (SSSR count). The van der Waals surface area contributed by atoms with Crippen molar-refractivity contribution < 1.29 is 9.59 Å². The van der Waals surface area contributed by atoms with Gasteiger partial charge in [0.15, 0.2) is 5.65 Å². The SMILES string of the molecule is CCN(CC)[C@@H](C)CNC(=O)c1cc(N[C@H](C)C(N)=O)nc(-c2cnn3ccc(-c4cccs4)nc23)c1. The van der Waals surface area contributed by atoms with E-state index < -0.39 is 11.9 Å². The molecule has 0 aliphatic carbocycles. The Morgan fingerprint density at radius 1 is 1.14 bits per heavy atom. The Hall–Kier alpha value is -3.83. The first kappa shape index (κ1) is 26.2. The lowest BCUT2D eigenvalue weighted by Gasteiger charge is -2.26. The maximum absolute atomic E-state index is 13.2. The third kappa shape index (κ3) is 5.95. The molecule has 4 aromatic heterocycles. The molecule has 0 aliphatic rings. The molecular weight excluding hydrogens is 488 g/mol. The number of thiophene rings is 1. The summed E-state index contributed by atoms with van der Waals surface area (Å²) in [7, 11) is 0. The standard InChI is InChI=1S/C26H32N8O2S/c1-5-33(6-2)16(3)14-28-26(36)18-12-21(31-23(13-18)30-17(4)24(27)35)19-15-29-34-10-9-20(32-25(19)34)22-8-7-11-37-22/h7-13,15-17H,5-6,14H2,1-4H3,(H2,27,35)(H,28,36)(H,30,31)/t16-,17+/m0/s1. The average Bonchev–Trinajstić information content (AvgIpc) is 3.57. The van der Waals surface area contributed by atoms with Crippen molar-refractivity contribution in [3.05, 3.63) is 53.7 Å². The molecule has 11 heteroatoms. The maximum atomic E-state index is 13.2. The third-order valence-corrected chi connectivity index (χ3v) is 7.18. The van der Waals surface area contributed by atoms with Gasteiger partial charge in [0.1, 0.15) is 11.9 Å². The summed E-state index contributed by atoms with van der Waals surface area (Å²) in [5.41, 5.74) is 8.47. The molecule has 0 saturated heterocycles. The van der Waals surface area contributed by atoms with Gasteiger partial charge in [0, 0.05) is 24.3 Å². The van der Waals surface area contributed by atoms with Gasteiger partial charge in [0.25, 0.3) is 5.91 Å². The van der Waals surface area contributed by atoms with Gasteiger partial charge in [0.2, 0.25) is 5.91 Å². The van der Waals surface area contributed by atoms with Crippen LogP contribution in [-0.4, -0.2) is 68.0 Å². The van der Waals surface area contributed by atoms with Crippen LogP contribution in [0.2, 0.25) is 0 Å². The highest BCUT2D eigenvalue weighted by Gasteiger charge is 2.19. The quantitative estimate of drug-likeness (QED) is 0.277. The Morgan fingerprint density at radius 2 is 1.92 bits per heavy atom. The largest absolute Gasteiger partial charge is 0.368 e. The molecule has 4 N–H and O–H groups in total. The van der Waals surface area contributed by atoms with E-state index in [1.807, 2.05) is 29.8 Å². The number of likely N-dealkylation sites (N-methyl/N-ethyl adjacent to an activating group) is 1. The van der Waals surface area contributed by atoms with E-state index in [1.165, 1.54) is 0 Å². The van der Waals surface area contributed by atoms with Crippen molar-refractivity contribution in [2.75, 3.05) is 25.0 Å². The highest BCUT2D eigenvalue weighted by atomic mass is 32.1. The number of nitrogens with zero attached hydrogens (tertiary/aromatic N) is 5. The molecule has 0 saturated carbocycles. The van der Waals surface area contributed by atoms with E-state index >= 15 is 0 Å². The smallest absolute Gasteiger partial charge is 0.251 e. The van der Waals surface area contributed by atoms with Crippen LogP contribution >= 0.6 is 11.3 Å². The second-order valence-electron chi connectivity index (χ2n) is 8.79. The van der Waals surface area contributed by atoms with Crippen molar-refractivity contribution in [3.8, 4) is 21.8 Å². The van der Waals surface area contributed by atoms with E-state index in [0.717, 1.165) is 23.7 Å². The summed E-state index contributed by atoms with van der Waals surface area (Å²) in [6.07, 6.45) is 3.52. The molecule has 2 amide bonds. The van der Waals surface area contributed by atoms with Crippen LogP contribution in [0, 0.1) is 0 Å². The van der Waals surface area contributed by atoms with Crippen LogP contribution in [0.15, 0.2) is 48.1 Å². The lowest BCUT2D eigenvalue weighted by atomic mass is 10.1. The number of hydrogen-bond donors (Lipinski definition) is 3. The number of hydrogen-bond acceptors (Lipinski definition) is 8. The van der Waals surface area contributed by atoms with Crippen molar-refractivity contribution in [2.45, 2.75) is 39.8 Å². The third-order valence-electron chi connectivity index (χ3n) is 6.29. The van der Waals surface area contributed by atoms with Crippen molar-refractivity contribution in [3.63, 3.8) is 0 Å². The zero-order valence-electron chi connectivity index (χ0n) is 21.4. The highest BCUT2D eigenvalue weighted by molar-refractivity contribution is 7.13. The minimum Gasteiger partial charge on any atom is -0.368 e. The van der Waals surface area contributed by atoms with Crippen molar-refractivity contribution in [1.82, 2.24) is 29.8 Å². The highest BCUT2D eigenvalue weighted by Crippen LogP contribution is 2.28. The molecule has 0 unspecified atom stereocenters. The normalized spacial score (nSPS) is 13.0. The second kappa shape index (κ2) is 11.5. The summed E-state index contributed by atoms with van der Waals surface area (Å²) in [6, 6.07) is 8.75. The number of amides is 2. The lowest BCUT2D eigenvalue weighted by Crippen LogP contribution is -2.42. The Labute approximate surface area is 219 Å². The number of rotatable bonds is 11. The number of anilines is 1. The number of primary amides is 1.